The van der Waals surface area contributed by atoms with E-state index in [9.17, 15) is 4.79 Å². The molecule has 1 fully saturated rings. The van der Waals surface area contributed by atoms with Gasteiger partial charge in [-0.3, -0.25) is 0 Å². The summed E-state index contributed by atoms with van der Waals surface area (Å²) in [7, 11) is 3.04. The summed E-state index contributed by atoms with van der Waals surface area (Å²) in [6.07, 6.45) is 2.03. The van der Waals surface area contributed by atoms with Crippen LogP contribution in [0, 0.1) is 0 Å². The van der Waals surface area contributed by atoms with Crippen molar-refractivity contribution in [1.29, 1.82) is 0 Å². The first kappa shape index (κ1) is 14.7. The third kappa shape index (κ3) is 3.05. The van der Waals surface area contributed by atoms with E-state index in [2.05, 4.69) is 19.8 Å². The van der Waals surface area contributed by atoms with Crippen LogP contribution in [0.1, 0.15) is 23.3 Å². The van der Waals surface area contributed by atoms with E-state index in [4.69, 9.17) is 10.5 Å². The lowest BCUT2D eigenvalue weighted by Gasteiger charge is -2.38. The maximum Gasteiger partial charge on any atom is 0.358 e. The van der Waals surface area contributed by atoms with E-state index in [-0.39, 0.29) is 17.8 Å². The zero-order valence-electron chi connectivity index (χ0n) is 11.8. The van der Waals surface area contributed by atoms with Gasteiger partial charge in [-0.25, -0.2) is 4.79 Å². The number of aromatic nitrogens is 2. The molecular weight excluding hydrogens is 260 g/mol. The molecule has 2 heterocycles. The summed E-state index contributed by atoms with van der Waals surface area (Å²) in [6, 6.07) is 3.56. The molecule has 7 heteroatoms. The molecule has 110 valence electrons. The summed E-state index contributed by atoms with van der Waals surface area (Å²) in [5, 5.41) is 7.99. The molecule has 0 aromatic carbocycles. The number of hydrogen-bond donors (Lipinski definition) is 1. The largest absolute Gasteiger partial charge is 0.464 e. The highest BCUT2D eigenvalue weighted by atomic mass is 16.5. The first-order valence-electron chi connectivity index (χ1n) is 6.61. The number of nitrogens with two attached hydrogens (primary N) is 1. The molecule has 0 spiro atoms. The van der Waals surface area contributed by atoms with Crippen LogP contribution >= 0.6 is 0 Å². The maximum atomic E-state index is 11.3. The fraction of sp³-hybridized carbons (Fsp3) is 0.615. The van der Waals surface area contributed by atoms with E-state index in [0.29, 0.717) is 6.54 Å². The number of esters is 1. The van der Waals surface area contributed by atoms with E-state index in [1.165, 1.54) is 7.11 Å². The van der Waals surface area contributed by atoms with Crippen LogP contribution in [0.2, 0.25) is 0 Å². The number of carbonyl (C=O) groups is 1. The first-order chi connectivity index (χ1) is 9.69. The van der Waals surface area contributed by atoms with Gasteiger partial charge in [-0.05, 0) is 25.0 Å². The standard InChI is InChI=1S/C13H20N4O3/c1-19-10-5-6-17(9(7-10)8-14)12-4-3-11(15-16-12)13(18)20-2/h3-4,9-10H,5-8,14H2,1-2H3. The van der Waals surface area contributed by atoms with E-state index in [1.807, 2.05) is 0 Å². The molecule has 0 aliphatic carbocycles. The first-order valence-corrected chi connectivity index (χ1v) is 6.61. The number of rotatable bonds is 4. The lowest BCUT2D eigenvalue weighted by atomic mass is 9.99. The number of ether oxygens (including phenoxy) is 2. The Morgan fingerprint density at radius 2 is 2.25 bits per heavy atom. The average Bonchev–Trinajstić information content (AvgIpc) is 2.53. The highest BCUT2D eigenvalue weighted by Crippen LogP contribution is 2.23. The lowest BCUT2D eigenvalue weighted by Crippen LogP contribution is -2.49. The number of methoxy groups -OCH3 is 2. The van der Waals surface area contributed by atoms with E-state index in [1.54, 1.807) is 19.2 Å². The monoisotopic (exact) mass is 280 g/mol. The van der Waals surface area contributed by atoms with Gasteiger partial charge in [0, 0.05) is 26.2 Å². The summed E-state index contributed by atoms with van der Waals surface area (Å²) >= 11 is 0. The summed E-state index contributed by atoms with van der Waals surface area (Å²) < 4.78 is 9.99. The predicted octanol–water partition coefficient (Wildman–Crippen LogP) is 0.206. The Labute approximate surface area is 118 Å². The van der Waals surface area contributed by atoms with Crippen molar-refractivity contribution < 1.29 is 14.3 Å². The minimum Gasteiger partial charge on any atom is -0.464 e. The maximum absolute atomic E-state index is 11.3. The van der Waals surface area contributed by atoms with Crippen molar-refractivity contribution >= 4 is 11.8 Å². The zero-order chi connectivity index (χ0) is 14.5. The summed E-state index contributed by atoms with van der Waals surface area (Å²) in [5.74, 6) is 0.236. The highest BCUT2D eigenvalue weighted by Gasteiger charge is 2.28. The minimum atomic E-state index is -0.488. The van der Waals surface area contributed by atoms with E-state index in [0.717, 1.165) is 25.2 Å². The number of nitrogens with zero attached hydrogens (tertiary/aromatic N) is 3. The Morgan fingerprint density at radius 1 is 1.45 bits per heavy atom. The van der Waals surface area contributed by atoms with Gasteiger partial charge in [0.2, 0.25) is 0 Å². The molecule has 7 nitrogen and oxygen atoms in total. The van der Waals surface area contributed by atoms with Gasteiger partial charge in [-0.2, -0.15) is 0 Å². The van der Waals surface area contributed by atoms with Crippen LogP contribution in [0.5, 0.6) is 0 Å². The van der Waals surface area contributed by atoms with Gasteiger partial charge < -0.3 is 20.1 Å². The molecule has 0 amide bonds. The summed E-state index contributed by atoms with van der Waals surface area (Å²) in [6.45, 7) is 1.34. The predicted molar refractivity (Wildman–Crippen MR) is 73.6 cm³/mol. The van der Waals surface area contributed by atoms with Crippen molar-refractivity contribution in [2.45, 2.75) is 25.0 Å². The normalized spacial score (nSPS) is 22.6. The number of hydrogen-bond acceptors (Lipinski definition) is 7. The summed E-state index contributed by atoms with van der Waals surface area (Å²) in [4.78, 5) is 13.4. The van der Waals surface area contributed by atoms with Gasteiger partial charge in [0.1, 0.15) is 0 Å². The Hall–Kier alpha value is -1.73. The van der Waals surface area contributed by atoms with Gasteiger partial charge in [-0.1, -0.05) is 0 Å². The van der Waals surface area contributed by atoms with E-state index < -0.39 is 5.97 Å². The molecule has 0 bridgehead atoms. The molecule has 1 aliphatic rings. The third-order valence-corrected chi connectivity index (χ3v) is 3.61. The molecule has 2 atom stereocenters. The molecule has 0 saturated carbocycles. The molecule has 1 aliphatic heterocycles. The van der Waals surface area contributed by atoms with Crippen LogP contribution < -0.4 is 10.6 Å². The second-order valence-corrected chi connectivity index (χ2v) is 4.73. The fourth-order valence-corrected chi connectivity index (χ4v) is 2.45. The van der Waals surface area contributed by atoms with Crippen LogP contribution in [0.25, 0.3) is 0 Å². The molecule has 1 saturated heterocycles. The second-order valence-electron chi connectivity index (χ2n) is 4.73. The van der Waals surface area contributed by atoms with Crippen molar-refractivity contribution in [3.63, 3.8) is 0 Å². The molecular formula is C13H20N4O3. The van der Waals surface area contributed by atoms with Crippen molar-refractivity contribution in [2.75, 3.05) is 32.2 Å². The Bertz CT molecular complexity index is 451. The van der Waals surface area contributed by atoms with Gasteiger partial charge >= 0.3 is 5.97 Å². The van der Waals surface area contributed by atoms with Crippen molar-refractivity contribution in [3.8, 4) is 0 Å². The van der Waals surface area contributed by atoms with Crippen molar-refractivity contribution in [3.05, 3.63) is 17.8 Å². The quantitative estimate of drug-likeness (QED) is 0.788. The van der Waals surface area contributed by atoms with Gasteiger partial charge in [-0.15, -0.1) is 10.2 Å². The lowest BCUT2D eigenvalue weighted by molar-refractivity contribution is 0.0592. The minimum absolute atomic E-state index is 0.173. The molecule has 2 rings (SSSR count). The Balaban J connectivity index is 2.12. The van der Waals surface area contributed by atoms with E-state index >= 15 is 0 Å². The van der Waals surface area contributed by atoms with Gasteiger partial charge in [0.25, 0.3) is 0 Å². The second kappa shape index (κ2) is 6.62. The van der Waals surface area contributed by atoms with Crippen molar-refractivity contribution in [1.82, 2.24) is 10.2 Å². The number of anilines is 1. The SMILES string of the molecule is COC(=O)c1ccc(N2CCC(OC)CC2CN)nn1. The number of carbonyl (C=O) groups excluding carboxylic acids is 1. The fourth-order valence-electron chi connectivity index (χ4n) is 2.45. The molecule has 1 aromatic heterocycles. The molecule has 1 aromatic rings. The topological polar surface area (TPSA) is 90.6 Å². The van der Waals surface area contributed by atoms with Crippen LogP contribution in [-0.4, -0.2) is 55.6 Å². The highest BCUT2D eigenvalue weighted by molar-refractivity contribution is 5.86. The Morgan fingerprint density at radius 3 is 2.80 bits per heavy atom. The smallest absolute Gasteiger partial charge is 0.358 e. The Kier molecular flexibility index (Phi) is 4.86. The molecule has 2 unspecified atom stereocenters. The van der Waals surface area contributed by atoms with Crippen LogP contribution in [0.4, 0.5) is 5.82 Å². The number of piperidine rings is 1. The third-order valence-electron chi connectivity index (χ3n) is 3.61. The zero-order valence-corrected chi connectivity index (χ0v) is 11.8. The van der Waals surface area contributed by atoms with Gasteiger partial charge in [0.15, 0.2) is 11.5 Å². The molecule has 20 heavy (non-hydrogen) atoms. The van der Waals surface area contributed by atoms with Crippen LogP contribution in [0.3, 0.4) is 0 Å². The molecule has 2 N–H and O–H groups in total. The average molecular weight is 280 g/mol. The summed E-state index contributed by atoms with van der Waals surface area (Å²) in [5.41, 5.74) is 6.03. The van der Waals surface area contributed by atoms with Crippen molar-refractivity contribution in [2.24, 2.45) is 5.73 Å². The van der Waals surface area contributed by atoms with Gasteiger partial charge in [0.05, 0.1) is 13.2 Å². The van der Waals surface area contributed by atoms with Crippen LogP contribution in [-0.2, 0) is 9.47 Å². The van der Waals surface area contributed by atoms with Crippen LogP contribution in [0.15, 0.2) is 12.1 Å². The molecule has 0 radical (unpaired) electrons.